The van der Waals surface area contributed by atoms with Crippen molar-refractivity contribution < 1.29 is 134 Å². The van der Waals surface area contributed by atoms with E-state index in [1.807, 2.05) is 0 Å². The molecule has 4 amide bonds. The van der Waals surface area contributed by atoms with Gasteiger partial charge in [-0.3, -0.25) is 76.7 Å². The van der Waals surface area contributed by atoms with E-state index in [9.17, 15) is 57.5 Å². The highest BCUT2D eigenvalue weighted by Crippen LogP contribution is 2.82. The molecule has 4 saturated carbocycles. The largest absolute Gasteiger partial charge is 0.463 e. The van der Waals surface area contributed by atoms with E-state index in [1.54, 1.807) is 0 Å². The fourth-order valence-electron chi connectivity index (χ4n) is 12.4. The minimum Gasteiger partial charge on any atom is -0.463 e. The average molecular weight is 1270 g/mol. The van der Waals surface area contributed by atoms with Crippen LogP contribution in [0.2, 0.25) is 0 Å². The second-order valence-corrected chi connectivity index (χ2v) is 24.4. The van der Waals surface area contributed by atoms with Gasteiger partial charge in [0.15, 0.2) is 0 Å². The maximum absolute atomic E-state index is 15.2. The molecule has 4 fully saturated rings. The number of rotatable bonds is 32. The predicted molar refractivity (Wildman–Crippen MR) is 292 cm³/mol. The van der Waals surface area contributed by atoms with Crippen molar-refractivity contribution >= 4 is 95.3 Å². The molecule has 0 unspecified atom stereocenters. The lowest BCUT2D eigenvalue weighted by Gasteiger charge is -2.76. The zero-order valence-electron chi connectivity index (χ0n) is 52.1. The van der Waals surface area contributed by atoms with E-state index in [2.05, 4.69) is 21.3 Å². The van der Waals surface area contributed by atoms with E-state index in [-0.39, 0.29) is 25.7 Å². The first-order valence-electron chi connectivity index (χ1n) is 28.1. The smallest absolute Gasteiger partial charge is 0.302 e. The molecule has 0 aliphatic heterocycles. The van der Waals surface area contributed by atoms with Crippen molar-refractivity contribution in [3.63, 3.8) is 0 Å². The van der Waals surface area contributed by atoms with Gasteiger partial charge < -0.3 is 78.1 Å². The van der Waals surface area contributed by atoms with Gasteiger partial charge >= 0.3 is 71.6 Å². The van der Waals surface area contributed by atoms with E-state index in [4.69, 9.17) is 56.8 Å². The number of hydrogen-bond acceptors (Lipinski definition) is 28. The van der Waals surface area contributed by atoms with E-state index in [0.29, 0.717) is 25.7 Å². The molecule has 4 aliphatic carbocycles. The van der Waals surface area contributed by atoms with Crippen LogP contribution in [0.5, 0.6) is 0 Å². The van der Waals surface area contributed by atoms with E-state index < -0.39 is 224 Å². The van der Waals surface area contributed by atoms with Crippen molar-refractivity contribution in [1.29, 1.82) is 0 Å². The lowest BCUT2D eigenvalue weighted by molar-refractivity contribution is -0.262. The van der Waals surface area contributed by atoms with Gasteiger partial charge in [0.1, 0.15) is 112 Å². The molecule has 496 valence electrons. The SMILES string of the molecule is CC(=O)OCC(COC(C)=O)(COC(C)=O)NC(=O)C1(C(=O)NC(COC(C)=O)(COC(C)=O)COC(C)=O)CC2(CC3(C2)CC2(C3)CC(C(=O)NC(COC(C)=O)(COC(C)=O)COC(C)=O)(C(=O)NC(COC(C)=O)(COC(C)=O)COC(C)=O)C2)C1. The highest BCUT2D eigenvalue weighted by molar-refractivity contribution is 6.08. The van der Waals surface area contributed by atoms with Crippen molar-refractivity contribution in [3.8, 4) is 0 Å². The molecule has 0 aromatic rings. The fourth-order valence-corrected chi connectivity index (χ4v) is 12.4. The zero-order chi connectivity index (χ0) is 67.2. The summed E-state index contributed by atoms with van der Waals surface area (Å²) in [5, 5.41) is 10.6. The summed E-state index contributed by atoms with van der Waals surface area (Å²) >= 11 is 0. The van der Waals surface area contributed by atoms with Gasteiger partial charge in [0.25, 0.3) is 0 Å². The highest BCUT2D eigenvalue weighted by Gasteiger charge is 2.78. The molecule has 0 radical (unpaired) electrons. The van der Waals surface area contributed by atoms with Crippen molar-refractivity contribution in [2.75, 3.05) is 79.3 Å². The second kappa shape index (κ2) is 29.2. The molecule has 0 atom stereocenters. The van der Waals surface area contributed by atoms with Crippen molar-refractivity contribution in [3.05, 3.63) is 0 Å². The first-order chi connectivity index (χ1) is 41.2. The normalized spacial score (nSPS) is 16.8. The third-order valence-corrected chi connectivity index (χ3v) is 15.6. The highest BCUT2D eigenvalue weighted by atomic mass is 16.6. The third kappa shape index (κ3) is 19.8. The number of carbonyl (C=O) groups is 16. The Hall–Kier alpha value is -8.48. The van der Waals surface area contributed by atoms with Gasteiger partial charge in [-0.05, 0) is 67.6 Å². The first-order valence-corrected chi connectivity index (χ1v) is 28.1. The summed E-state index contributed by atoms with van der Waals surface area (Å²) < 4.78 is 63.2. The lowest BCUT2D eigenvalue weighted by atomic mass is 9.27. The van der Waals surface area contributed by atoms with Crippen LogP contribution in [-0.4, -0.2) is 197 Å². The number of nitrogens with one attached hydrogen (secondary N) is 4. The third-order valence-electron chi connectivity index (χ3n) is 15.6. The van der Waals surface area contributed by atoms with Gasteiger partial charge in [0.05, 0.1) is 0 Å². The lowest BCUT2D eigenvalue weighted by Crippen LogP contribution is -2.76. The van der Waals surface area contributed by atoms with E-state index in [0.717, 1.165) is 83.1 Å². The standard InChI is InChI=1S/C57H80N4O28/c1-33(62)78-21-52(22-79-34(2)63,23-80-35(3)64)58-45(74)56(46(75)59-53(24-81-36(4)65,25-82-37(5)66)26-83-38(6)67)17-50(18-56)13-49(14-50)15-51(16-49)19-57(20-51,47(76)60-54(27-84-39(7)68,28-85-40(8)69)29-86-41(9)70)48(77)61-55(30-87-42(10)71,31-88-43(11)72)32-89-44(12)73/h13-32H2,1-12H3,(H,58,74)(H,59,75)(H,60,76)(H,61,77). The number of hydrogen-bond donors (Lipinski definition) is 4. The molecule has 4 aliphatic rings. The maximum Gasteiger partial charge on any atom is 0.302 e. The average Bonchev–Trinajstić information content (AvgIpc) is 3.38. The summed E-state index contributed by atoms with van der Waals surface area (Å²) in [6.07, 6.45) is 0.285. The summed E-state index contributed by atoms with van der Waals surface area (Å²) in [4.78, 5) is 208. The summed E-state index contributed by atoms with van der Waals surface area (Å²) in [7, 11) is 0. The number of esters is 12. The monoisotopic (exact) mass is 1270 g/mol. The molecule has 89 heavy (non-hydrogen) atoms. The van der Waals surface area contributed by atoms with Crippen LogP contribution in [0, 0.1) is 27.1 Å². The molecule has 3 spiro atoms. The first kappa shape index (κ1) is 73.0. The van der Waals surface area contributed by atoms with Gasteiger partial charge in [-0.25, -0.2) is 0 Å². The molecule has 32 heteroatoms. The summed E-state index contributed by atoms with van der Waals surface area (Å²) in [6.45, 7) is 3.36. The van der Waals surface area contributed by atoms with Gasteiger partial charge in [0.2, 0.25) is 23.6 Å². The number of carbonyl (C=O) groups excluding carboxylic acids is 16. The van der Waals surface area contributed by atoms with E-state index >= 15 is 19.2 Å². The van der Waals surface area contributed by atoms with Crippen molar-refractivity contribution in [1.82, 2.24) is 21.3 Å². The fraction of sp³-hybridized carbons (Fsp3) is 0.719. The minimum atomic E-state index is -2.15. The topological polar surface area (TPSA) is 432 Å². The Balaban J connectivity index is 1.82. The molecule has 0 aromatic heterocycles. The Morgan fingerprint density at radius 1 is 0.225 bits per heavy atom. The maximum atomic E-state index is 15.2. The van der Waals surface area contributed by atoms with Gasteiger partial charge in [-0.1, -0.05) is 0 Å². The molecule has 0 bridgehead atoms. The van der Waals surface area contributed by atoms with Crippen LogP contribution in [-0.2, 0) is 134 Å². The summed E-state index contributed by atoms with van der Waals surface area (Å²) in [5.74, 6) is -14.7. The van der Waals surface area contributed by atoms with Gasteiger partial charge in [-0.2, -0.15) is 0 Å². The predicted octanol–water partition coefficient (Wildman–Crippen LogP) is -0.729. The molecular weight excluding hydrogens is 1190 g/mol. The Morgan fingerprint density at radius 3 is 0.449 bits per heavy atom. The van der Waals surface area contributed by atoms with Gasteiger partial charge in [-0.15, -0.1) is 0 Å². The van der Waals surface area contributed by atoms with Crippen LogP contribution >= 0.6 is 0 Å². The van der Waals surface area contributed by atoms with Crippen LogP contribution in [0.1, 0.15) is 134 Å². The van der Waals surface area contributed by atoms with Crippen LogP contribution < -0.4 is 21.3 Å². The van der Waals surface area contributed by atoms with Crippen LogP contribution in [0.15, 0.2) is 0 Å². The molecule has 4 N–H and O–H groups in total. The molecule has 4 rings (SSSR count). The quantitative estimate of drug-likeness (QED) is 0.0366. The van der Waals surface area contributed by atoms with Crippen LogP contribution in [0.25, 0.3) is 0 Å². The van der Waals surface area contributed by atoms with E-state index in [1.165, 1.54) is 0 Å². The summed E-state index contributed by atoms with van der Waals surface area (Å²) in [6, 6.07) is 0. The Kier molecular flexibility index (Phi) is 24.0. The minimum absolute atomic E-state index is 0.249. The Labute approximate surface area is 511 Å². The molecule has 0 heterocycles. The molecule has 0 aromatic carbocycles. The Morgan fingerprint density at radius 2 is 0.337 bits per heavy atom. The Bertz CT molecular complexity index is 2270. The van der Waals surface area contributed by atoms with Crippen molar-refractivity contribution in [2.45, 2.75) is 157 Å². The van der Waals surface area contributed by atoms with Gasteiger partial charge in [0, 0.05) is 83.1 Å². The summed E-state index contributed by atoms with van der Waals surface area (Å²) in [5.41, 5.74) is -14.6. The second-order valence-electron chi connectivity index (χ2n) is 24.4. The van der Waals surface area contributed by atoms with Crippen molar-refractivity contribution in [2.24, 2.45) is 27.1 Å². The zero-order valence-corrected chi connectivity index (χ0v) is 52.1. The molecule has 0 saturated heterocycles. The number of amides is 4. The molecular formula is C57H80N4O28. The van der Waals surface area contributed by atoms with Crippen LogP contribution in [0.3, 0.4) is 0 Å². The van der Waals surface area contributed by atoms with Crippen LogP contribution in [0.4, 0.5) is 0 Å². The number of ether oxygens (including phenoxy) is 12. The molecule has 32 nitrogen and oxygen atoms in total.